The van der Waals surface area contributed by atoms with Gasteiger partial charge in [-0.3, -0.25) is 4.79 Å². The van der Waals surface area contributed by atoms with Crippen molar-refractivity contribution in [3.05, 3.63) is 23.8 Å². The summed E-state index contributed by atoms with van der Waals surface area (Å²) in [6.45, 7) is 6.00. The zero-order valence-electron chi connectivity index (χ0n) is 14.4. The number of aromatic nitrogens is 2. The highest BCUT2D eigenvalue weighted by atomic mass is 32.2. The van der Waals surface area contributed by atoms with E-state index < -0.39 is 12.0 Å². The molecule has 0 spiro atoms. The molecule has 0 bridgehead atoms. The van der Waals surface area contributed by atoms with Crippen LogP contribution in [0.15, 0.2) is 23.4 Å². The number of carbonyl (C=O) groups is 2. The molecule has 1 heterocycles. The average molecular weight is 349 g/mol. The fraction of sp³-hybridized carbons (Fsp3) is 0.471. The van der Waals surface area contributed by atoms with Crippen LogP contribution in [-0.2, 0) is 14.3 Å². The van der Waals surface area contributed by atoms with Crippen molar-refractivity contribution < 1.29 is 14.3 Å². The Hall–Kier alpha value is -2.02. The number of methoxy groups -OCH3 is 1. The van der Waals surface area contributed by atoms with Crippen molar-refractivity contribution in [3.63, 3.8) is 0 Å². The topological polar surface area (TPSA) is 84.1 Å². The Bertz CT molecular complexity index is 727. The summed E-state index contributed by atoms with van der Waals surface area (Å²) in [5.41, 5.74) is 2.97. The highest BCUT2D eigenvalue weighted by Gasteiger charge is 2.22. The van der Waals surface area contributed by atoms with E-state index in [0.29, 0.717) is 11.6 Å². The van der Waals surface area contributed by atoms with Gasteiger partial charge in [0.2, 0.25) is 5.91 Å². The van der Waals surface area contributed by atoms with Crippen molar-refractivity contribution in [1.29, 1.82) is 0 Å². The van der Waals surface area contributed by atoms with Gasteiger partial charge in [-0.1, -0.05) is 31.7 Å². The predicted molar refractivity (Wildman–Crippen MR) is 95.0 cm³/mol. The van der Waals surface area contributed by atoms with E-state index in [2.05, 4.69) is 15.3 Å². The number of imidazole rings is 1. The van der Waals surface area contributed by atoms with Gasteiger partial charge in [-0.2, -0.15) is 0 Å². The number of ether oxygens (including phenoxy) is 1. The SMILES string of the molecule is COC(=O)C(CC(C)C)NC(=O)CSc1nc2ccc(C)cc2[nH]1. The third kappa shape index (κ3) is 4.99. The Morgan fingerprint density at radius 3 is 2.79 bits per heavy atom. The summed E-state index contributed by atoms with van der Waals surface area (Å²) in [5, 5.41) is 3.42. The molecule has 2 aromatic rings. The second-order valence-corrected chi connectivity index (χ2v) is 7.09. The number of hydrogen-bond donors (Lipinski definition) is 2. The summed E-state index contributed by atoms with van der Waals surface area (Å²) in [6.07, 6.45) is 0.549. The van der Waals surface area contributed by atoms with E-state index in [1.165, 1.54) is 18.9 Å². The van der Waals surface area contributed by atoms with Gasteiger partial charge in [0.25, 0.3) is 0 Å². The molecule has 0 aliphatic carbocycles. The van der Waals surface area contributed by atoms with Gasteiger partial charge < -0.3 is 15.0 Å². The molecule has 24 heavy (non-hydrogen) atoms. The lowest BCUT2D eigenvalue weighted by Gasteiger charge is -2.18. The third-order valence-corrected chi connectivity index (χ3v) is 4.36. The number of aromatic amines is 1. The number of nitrogens with zero attached hydrogens (tertiary/aromatic N) is 1. The van der Waals surface area contributed by atoms with Gasteiger partial charge in [-0.05, 0) is 37.0 Å². The van der Waals surface area contributed by atoms with Crippen LogP contribution >= 0.6 is 11.8 Å². The molecule has 1 unspecified atom stereocenters. The minimum atomic E-state index is -0.610. The third-order valence-electron chi connectivity index (χ3n) is 3.48. The van der Waals surface area contributed by atoms with Gasteiger partial charge in [-0.15, -0.1) is 0 Å². The van der Waals surface area contributed by atoms with Crippen LogP contribution in [0.2, 0.25) is 0 Å². The van der Waals surface area contributed by atoms with E-state index in [4.69, 9.17) is 4.74 Å². The number of aryl methyl sites for hydroxylation is 1. The molecule has 6 nitrogen and oxygen atoms in total. The molecule has 0 saturated carbocycles. The molecule has 0 saturated heterocycles. The molecule has 1 aromatic heterocycles. The molecule has 1 amide bonds. The molecule has 0 radical (unpaired) electrons. The lowest BCUT2D eigenvalue weighted by Crippen LogP contribution is -2.43. The first-order valence-electron chi connectivity index (χ1n) is 7.85. The molecule has 1 atom stereocenters. The molecule has 0 aliphatic rings. The van der Waals surface area contributed by atoms with E-state index in [0.717, 1.165) is 16.6 Å². The number of thioether (sulfide) groups is 1. The van der Waals surface area contributed by atoms with Gasteiger partial charge in [0, 0.05) is 0 Å². The normalized spacial score (nSPS) is 12.4. The fourth-order valence-corrected chi connectivity index (χ4v) is 3.06. The van der Waals surface area contributed by atoms with Crippen molar-refractivity contribution in [3.8, 4) is 0 Å². The Morgan fingerprint density at radius 1 is 1.38 bits per heavy atom. The Balaban J connectivity index is 1.94. The maximum atomic E-state index is 12.1. The van der Waals surface area contributed by atoms with Crippen LogP contribution < -0.4 is 5.32 Å². The van der Waals surface area contributed by atoms with Crippen LogP contribution in [0.25, 0.3) is 11.0 Å². The molecule has 0 fully saturated rings. The number of H-pyrrole nitrogens is 1. The lowest BCUT2D eigenvalue weighted by molar-refractivity contribution is -0.145. The molecule has 2 N–H and O–H groups in total. The molecule has 0 aliphatic heterocycles. The molecule has 130 valence electrons. The van der Waals surface area contributed by atoms with E-state index >= 15 is 0 Å². The van der Waals surface area contributed by atoms with Crippen molar-refractivity contribution in [1.82, 2.24) is 15.3 Å². The first kappa shape index (κ1) is 18.3. The Morgan fingerprint density at radius 2 is 2.12 bits per heavy atom. The minimum absolute atomic E-state index is 0.185. The van der Waals surface area contributed by atoms with Crippen molar-refractivity contribution in [2.75, 3.05) is 12.9 Å². The van der Waals surface area contributed by atoms with Crippen molar-refractivity contribution in [2.24, 2.45) is 5.92 Å². The number of amides is 1. The minimum Gasteiger partial charge on any atom is -0.467 e. The van der Waals surface area contributed by atoms with Gasteiger partial charge in [-0.25, -0.2) is 9.78 Å². The highest BCUT2D eigenvalue weighted by Crippen LogP contribution is 2.20. The van der Waals surface area contributed by atoms with Gasteiger partial charge in [0.15, 0.2) is 5.16 Å². The predicted octanol–water partition coefficient (Wildman–Crippen LogP) is 2.67. The molecule has 1 aromatic carbocycles. The molecule has 2 rings (SSSR count). The quantitative estimate of drug-likeness (QED) is 0.593. The van der Waals surface area contributed by atoms with Crippen LogP contribution in [0.1, 0.15) is 25.8 Å². The van der Waals surface area contributed by atoms with Crippen molar-refractivity contribution in [2.45, 2.75) is 38.4 Å². The number of carbonyl (C=O) groups excluding carboxylic acids is 2. The zero-order chi connectivity index (χ0) is 17.7. The summed E-state index contributed by atoms with van der Waals surface area (Å²) in [5.74, 6) is -0.167. The number of rotatable bonds is 7. The van der Waals surface area contributed by atoms with Crippen molar-refractivity contribution >= 4 is 34.7 Å². The van der Waals surface area contributed by atoms with E-state index in [9.17, 15) is 9.59 Å². The summed E-state index contributed by atoms with van der Waals surface area (Å²) < 4.78 is 4.75. The number of esters is 1. The number of hydrogen-bond acceptors (Lipinski definition) is 5. The standard InChI is InChI=1S/C17H23N3O3S/c1-10(2)7-14(16(22)23-4)18-15(21)9-24-17-19-12-6-5-11(3)8-13(12)20-17/h5-6,8,10,14H,7,9H2,1-4H3,(H,18,21)(H,19,20). The Labute approximate surface area is 145 Å². The number of fused-ring (bicyclic) bond motifs is 1. The molecular weight excluding hydrogens is 326 g/mol. The van der Waals surface area contributed by atoms with Gasteiger partial charge in [0.05, 0.1) is 23.9 Å². The maximum Gasteiger partial charge on any atom is 0.328 e. The van der Waals surface area contributed by atoms with Crippen LogP contribution in [0.5, 0.6) is 0 Å². The van der Waals surface area contributed by atoms with Gasteiger partial charge >= 0.3 is 5.97 Å². The first-order valence-corrected chi connectivity index (χ1v) is 8.84. The summed E-state index contributed by atoms with van der Waals surface area (Å²) in [7, 11) is 1.33. The fourth-order valence-electron chi connectivity index (χ4n) is 2.37. The van der Waals surface area contributed by atoms with Crippen LogP contribution in [0.4, 0.5) is 0 Å². The van der Waals surface area contributed by atoms with E-state index in [-0.39, 0.29) is 17.6 Å². The second kappa shape index (κ2) is 8.19. The largest absolute Gasteiger partial charge is 0.467 e. The summed E-state index contributed by atoms with van der Waals surface area (Å²) in [4.78, 5) is 31.5. The zero-order valence-corrected chi connectivity index (χ0v) is 15.2. The van der Waals surface area contributed by atoms with E-state index in [1.54, 1.807) is 0 Å². The first-order chi connectivity index (χ1) is 11.4. The molecular formula is C17H23N3O3S. The van der Waals surface area contributed by atoms with Crippen LogP contribution in [0.3, 0.4) is 0 Å². The number of nitrogens with one attached hydrogen (secondary N) is 2. The van der Waals surface area contributed by atoms with Crippen LogP contribution in [-0.4, -0.2) is 40.7 Å². The average Bonchev–Trinajstić information content (AvgIpc) is 2.93. The number of benzene rings is 1. The Kier molecular flexibility index (Phi) is 6.25. The lowest BCUT2D eigenvalue weighted by atomic mass is 10.0. The second-order valence-electron chi connectivity index (χ2n) is 6.12. The highest BCUT2D eigenvalue weighted by molar-refractivity contribution is 7.99. The monoisotopic (exact) mass is 349 g/mol. The smallest absolute Gasteiger partial charge is 0.328 e. The maximum absolute atomic E-state index is 12.1. The van der Waals surface area contributed by atoms with Crippen LogP contribution in [0, 0.1) is 12.8 Å². The van der Waals surface area contributed by atoms with E-state index in [1.807, 2.05) is 39.0 Å². The molecule has 7 heteroatoms. The summed E-state index contributed by atoms with van der Waals surface area (Å²) >= 11 is 1.31. The summed E-state index contributed by atoms with van der Waals surface area (Å²) in [6, 6.07) is 5.35. The van der Waals surface area contributed by atoms with Gasteiger partial charge in [0.1, 0.15) is 6.04 Å².